The normalized spacial score (nSPS) is 17.1. The summed E-state index contributed by atoms with van der Waals surface area (Å²) < 4.78 is 18.7. The lowest BCUT2D eigenvalue weighted by atomic mass is 9.89. The van der Waals surface area contributed by atoms with Gasteiger partial charge in [0.25, 0.3) is 0 Å². The van der Waals surface area contributed by atoms with Crippen molar-refractivity contribution in [1.29, 1.82) is 0 Å². The molecule has 1 amide bonds. The van der Waals surface area contributed by atoms with E-state index in [-0.39, 0.29) is 11.7 Å². The van der Waals surface area contributed by atoms with Crippen LogP contribution in [0.5, 0.6) is 5.75 Å². The zero-order chi connectivity index (χ0) is 20.2. The predicted octanol–water partition coefficient (Wildman–Crippen LogP) is 3.25. The molecule has 2 aromatic rings. The van der Waals surface area contributed by atoms with E-state index in [2.05, 4.69) is 25.7 Å². The number of halogens is 1. The molecule has 154 valence electrons. The number of ether oxygens (including phenoxy) is 1. The quantitative estimate of drug-likeness (QED) is 0.696. The first-order chi connectivity index (χ1) is 14.1. The number of amides is 1. The summed E-state index contributed by atoms with van der Waals surface area (Å²) in [7, 11) is 1.57. The van der Waals surface area contributed by atoms with Gasteiger partial charge in [0.1, 0.15) is 12.1 Å². The average molecular weight is 399 g/mol. The Balaban J connectivity index is 1.40. The molecular formula is C21H26FN5O2. The number of carbonyl (C=O) groups is 1. The number of piperidine rings is 1. The minimum absolute atomic E-state index is 0.0465. The number of hydrazine groups is 1. The van der Waals surface area contributed by atoms with E-state index in [1.165, 1.54) is 24.0 Å². The number of carbonyl (C=O) groups excluding carboxylic acids is 1. The highest BCUT2D eigenvalue weighted by Gasteiger charge is 2.26. The Morgan fingerprint density at radius 2 is 1.90 bits per heavy atom. The van der Waals surface area contributed by atoms with E-state index < -0.39 is 0 Å². The summed E-state index contributed by atoms with van der Waals surface area (Å²) in [4.78, 5) is 22.8. The Morgan fingerprint density at radius 3 is 2.55 bits per heavy atom. The van der Waals surface area contributed by atoms with Crippen LogP contribution in [0, 0.1) is 11.7 Å². The lowest BCUT2D eigenvalue weighted by Gasteiger charge is -2.33. The molecule has 1 saturated carbocycles. The molecule has 7 nitrogen and oxygen atoms in total. The van der Waals surface area contributed by atoms with Gasteiger partial charge in [-0.1, -0.05) is 12.1 Å². The molecule has 0 atom stereocenters. The van der Waals surface area contributed by atoms with Crippen LogP contribution in [0.3, 0.4) is 0 Å². The molecular weight excluding hydrogens is 373 g/mol. The van der Waals surface area contributed by atoms with Crippen LogP contribution in [0.25, 0.3) is 0 Å². The maximum Gasteiger partial charge on any atom is 0.238 e. The van der Waals surface area contributed by atoms with Crippen LogP contribution < -0.4 is 20.5 Å². The van der Waals surface area contributed by atoms with Gasteiger partial charge in [-0.3, -0.25) is 15.6 Å². The standard InChI is InChI=1S/C21H26FN5O2/c1-29-19-20(26-25-18(28)12-14-2-3-14)23-13-24-21(19)27-10-8-16(9-11-27)15-4-6-17(22)7-5-15/h4-7,13-14,16H,2-3,8-12H2,1H3,(H,25,28)(H,23,24,26). The fraction of sp³-hybridized carbons (Fsp3) is 0.476. The Hall–Kier alpha value is -2.90. The number of aromatic nitrogens is 2. The van der Waals surface area contributed by atoms with Crippen LogP contribution in [0.1, 0.15) is 43.6 Å². The minimum Gasteiger partial charge on any atom is -0.490 e. The van der Waals surface area contributed by atoms with E-state index in [1.807, 2.05) is 12.1 Å². The van der Waals surface area contributed by atoms with E-state index >= 15 is 0 Å². The zero-order valence-electron chi connectivity index (χ0n) is 16.5. The Kier molecular flexibility index (Phi) is 5.78. The van der Waals surface area contributed by atoms with Crippen LogP contribution in [0.15, 0.2) is 30.6 Å². The summed E-state index contributed by atoms with van der Waals surface area (Å²) in [5.41, 5.74) is 6.75. The summed E-state index contributed by atoms with van der Waals surface area (Å²) in [5.74, 6) is 2.33. The molecule has 2 heterocycles. The van der Waals surface area contributed by atoms with E-state index in [1.54, 1.807) is 7.11 Å². The Morgan fingerprint density at radius 1 is 1.17 bits per heavy atom. The van der Waals surface area contributed by atoms with Gasteiger partial charge in [-0.25, -0.2) is 14.4 Å². The number of anilines is 2. The molecule has 4 rings (SSSR count). The van der Waals surface area contributed by atoms with Crippen molar-refractivity contribution in [3.63, 3.8) is 0 Å². The lowest BCUT2D eigenvalue weighted by Crippen LogP contribution is -2.34. The van der Waals surface area contributed by atoms with Crippen molar-refractivity contribution in [3.05, 3.63) is 42.0 Å². The third-order valence-corrected chi connectivity index (χ3v) is 5.62. The molecule has 2 aliphatic rings. The maximum atomic E-state index is 13.2. The highest BCUT2D eigenvalue weighted by atomic mass is 19.1. The van der Waals surface area contributed by atoms with Crippen molar-refractivity contribution >= 4 is 17.5 Å². The molecule has 1 aromatic heterocycles. The van der Waals surface area contributed by atoms with E-state index in [0.717, 1.165) is 38.8 Å². The molecule has 1 saturated heterocycles. The third kappa shape index (κ3) is 4.75. The first kappa shape index (κ1) is 19.4. The third-order valence-electron chi connectivity index (χ3n) is 5.62. The van der Waals surface area contributed by atoms with E-state index in [0.29, 0.717) is 35.6 Å². The van der Waals surface area contributed by atoms with Crippen molar-refractivity contribution in [2.75, 3.05) is 30.5 Å². The number of hydrogen-bond donors (Lipinski definition) is 2. The molecule has 1 aliphatic heterocycles. The maximum absolute atomic E-state index is 13.2. The van der Waals surface area contributed by atoms with Crippen molar-refractivity contribution in [2.24, 2.45) is 5.92 Å². The number of nitrogens with one attached hydrogen (secondary N) is 2. The highest BCUT2D eigenvalue weighted by molar-refractivity contribution is 5.78. The van der Waals surface area contributed by atoms with Crippen LogP contribution in [0.2, 0.25) is 0 Å². The van der Waals surface area contributed by atoms with Gasteiger partial charge >= 0.3 is 0 Å². The van der Waals surface area contributed by atoms with Gasteiger partial charge in [0.15, 0.2) is 11.6 Å². The largest absolute Gasteiger partial charge is 0.490 e. The topological polar surface area (TPSA) is 79.4 Å². The van der Waals surface area contributed by atoms with E-state index in [9.17, 15) is 9.18 Å². The molecule has 1 aliphatic carbocycles. The minimum atomic E-state index is -0.207. The second-order valence-electron chi connectivity index (χ2n) is 7.71. The Labute approximate surface area is 169 Å². The summed E-state index contributed by atoms with van der Waals surface area (Å²) in [6.07, 6.45) is 6.15. The lowest BCUT2D eigenvalue weighted by molar-refractivity contribution is -0.120. The smallest absolute Gasteiger partial charge is 0.238 e. The molecule has 29 heavy (non-hydrogen) atoms. The summed E-state index contributed by atoms with van der Waals surface area (Å²) in [6, 6.07) is 6.77. The number of hydrogen-bond acceptors (Lipinski definition) is 6. The molecule has 0 unspecified atom stereocenters. The van der Waals surface area contributed by atoms with E-state index in [4.69, 9.17) is 4.74 Å². The van der Waals surface area contributed by atoms with Crippen LogP contribution in [-0.2, 0) is 4.79 Å². The van der Waals surface area contributed by atoms with Gasteiger partial charge in [-0.05, 0) is 55.2 Å². The average Bonchev–Trinajstić information content (AvgIpc) is 3.56. The van der Waals surface area contributed by atoms with Crippen LogP contribution in [0.4, 0.5) is 16.0 Å². The summed E-state index contributed by atoms with van der Waals surface area (Å²) in [5, 5.41) is 0. The van der Waals surface area contributed by atoms with Crippen molar-refractivity contribution in [1.82, 2.24) is 15.4 Å². The molecule has 0 spiro atoms. The molecule has 2 fully saturated rings. The fourth-order valence-electron chi connectivity index (χ4n) is 3.79. The number of rotatable bonds is 7. The number of benzene rings is 1. The first-order valence-electron chi connectivity index (χ1n) is 10.1. The molecule has 2 N–H and O–H groups in total. The first-order valence-corrected chi connectivity index (χ1v) is 10.1. The van der Waals surface area contributed by atoms with Gasteiger partial charge in [0, 0.05) is 19.5 Å². The summed E-state index contributed by atoms with van der Waals surface area (Å²) in [6.45, 7) is 1.62. The van der Waals surface area contributed by atoms with Gasteiger partial charge < -0.3 is 9.64 Å². The van der Waals surface area contributed by atoms with Gasteiger partial charge in [-0.15, -0.1) is 0 Å². The van der Waals surface area contributed by atoms with Gasteiger partial charge in [0.05, 0.1) is 7.11 Å². The Bertz CT molecular complexity index is 849. The molecule has 8 heteroatoms. The van der Waals surface area contributed by atoms with Crippen molar-refractivity contribution in [3.8, 4) is 5.75 Å². The van der Waals surface area contributed by atoms with Crippen molar-refractivity contribution < 1.29 is 13.9 Å². The number of methoxy groups -OCH3 is 1. The van der Waals surface area contributed by atoms with Crippen LogP contribution >= 0.6 is 0 Å². The predicted molar refractivity (Wildman–Crippen MR) is 108 cm³/mol. The second kappa shape index (κ2) is 8.63. The number of nitrogens with zero attached hydrogens (tertiary/aromatic N) is 3. The molecule has 1 aromatic carbocycles. The highest BCUT2D eigenvalue weighted by Crippen LogP contribution is 2.36. The molecule has 0 radical (unpaired) electrons. The second-order valence-corrected chi connectivity index (χ2v) is 7.71. The SMILES string of the molecule is COc1c(NNC(=O)CC2CC2)ncnc1N1CCC(c2ccc(F)cc2)CC1. The van der Waals surface area contributed by atoms with Gasteiger partial charge in [-0.2, -0.15) is 0 Å². The van der Waals surface area contributed by atoms with Gasteiger partial charge in [0.2, 0.25) is 11.7 Å². The monoisotopic (exact) mass is 399 g/mol. The molecule has 0 bridgehead atoms. The van der Waals surface area contributed by atoms with Crippen molar-refractivity contribution in [2.45, 2.75) is 38.0 Å². The van der Waals surface area contributed by atoms with Crippen LogP contribution in [-0.4, -0.2) is 36.1 Å². The fourth-order valence-corrected chi connectivity index (χ4v) is 3.79. The summed E-state index contributed by atoms with van der Waals surface area (Å²) >= 11 is 0. The zero-order valence-corrected chi connectivity index (χ0v) is 16.5.